The topological polar surface area (TPSA) is 29.3 Å². The quantitative estimate of drug-likeness (QED) is 0.859. The molecular weight excluding hydrogens is 280 g/mol. The summed E-state index contributed by atoms with van der Waals surface area (Å²) in [5.41, 5.74) is 7.71. The Balaban J connectivity index is 2.26. The van der Waals surface area contributed by atoms with Crippen molar-refractivity contribution < 1.29 is 0 Å². The first-order valence-electron chi connectivity index (χ1n) is 8.27. The van der Waals surface area contributed by atoms with Crippen LogP contribution in [0.4, 0.5) is 0 Å². The lowest BCUT2D eigenvalue weighted by molar-refractivity contribution is 0.0824. The Morgan fingerprint density at radius 3 is 2.67 bits per heavy atom. The molecule has 1 saturated carbocycles. The molecule has 0 saturated heterocycles. The van der Waals surface area contributed by atoms with Crippen LogP contribution in [-0.2, 0) is 0 Å². The zero-order valence-electron chi connectivity index (χ0n) is 13.6. The zero-order valence-corrected chi connectivity index (χ0v) is 14.3. The van der Waals surface area contributed by atoms with E-state index < -0.39 is 0 Å². The molecule has 2 rings (SSSR count). The van der Waals surface area contributed by atoms with Crippen LogP contribution in [0, 0.1) is 5.92 Å². The van der Waals surface area contributed by atoms with E-state index in [2.05, 4.69) is 37.9 Å². The van der Waals surface area contributed by atoms with E-state index in [-0.39, 0.29) is 12.1 Å². The maximum Gasteiger partial charge on any atom is 0.0499 e. The van der Waals surface area contributed by atoms with Crippen LogP contribution < -0.4 is 5.73 Å². The van der Waals surface area contributed by atoms with Gasteiger partial charge in [0, 0.05) is 23.1 Å². The normalized spacial score (nSPS) is 25.8. The van der Waals surface area contributed by atoms with Gasteiger partial charge < -0.3 is 5.73 Å². The molecule has 1 aromatic rings. The van der Waals surface area contributed by atoms with E-state index in [1.165, 1.54) is 31.2 Å². The Bertz CT molecular complexity index is 449. The number of halogens is 1. The van der Waals surface area contributed by atoms with Crippen LogP contribution in [0.2, 0.25) is 5.02 Å². The van der Waals surface area contributed by atoms with Gasteiger partial charge in [0.05, 0.1) is 0 Å². The van der Waals surface area contributed by atoms with E-state index >= 15 is 0 Å². The third kappa shape index (κ3) is 4.00. The summed E-state index contributed by atoms with van der Waals surface area (Å²) in [6, 6.07) is 9.22. The first kappa shape index (κ1) is 16.8. The zero-order chi connectivity index (χ0) is 15.4. The van der Waals surface area contributed by atoms with Gasteiger partial charge in [0.1, 0.15) is 0 Å². The van der Waals surface area contributed by atoms with E-state index in [1.54, 1.807) is 0 Å². The minimum Gasteiger partial charge on any atom is -0.326 e. The Hall–Kier alpha value is -0.570. The third-order valence-corrected chi connectivity index (χ3v) is 5.33. The molecule has 0 radical (unpaired) electrons. The number of nitrogens with zero attached hydrogens (tertiary/aromatic N) is 1. The second-order valence-electron chi connectivity index (χ2n) is 6.57. The first-order chi connectivity index (χ1) is 10.0. The number of benzene rings is 1. The molecule has 0 bridgehead atoms. The molecule has 0 aromatic heterocycles. The Morgan fingerprint density at radius 2 is 2.05 bits per heavy atom. The fourth-order valence-corrected chi connectivity index (χ4v) is 4.00. The highest BCUT2D eigenvalue weighted by atomic mass is 35.5. The van der Waals surface area contributed by atoms with Crippen molar-refractivity contribution in [2.45, 2.75) is 64.1 Å². The van der Waals surface area contributed by atoms with Crippen molar-refractivity contribution in [3.8, 4) is 0 Å². The summed E-state index contributed by atoms with van der Waals surface area (Å²) in [4.78, 5) is 2.52. The highest BCUT2D eigenvalue weighted by Crippen LogP contribution is 2.34. The molecule has 4 unspecified atom stereocenters. The SMILES string of the molecule is CCC(N)C(c1cccc(Cl)c1)N(C)C1CCCCC1C. The highest BCUT2D eigenvalue weighted by Gasteiger charge is 2.32. The smallest absolute Gasteiger partial charge is 0.0499 e. The van der Waals surface area contributed by atoms with Crippen LogP contribution in [0.15, 0.2) is 24.3 Å². The molecule has 21 heavy (non-hydrogen) atoms. The summed E-state index contributed by atoms with van der Waals surface area (Å²) in [5.74, 6) is 0.745. The van der Waals surface area contributed by atoms with Crippen LogP contribution >= 0.6 is 11.6 Å². The van der Waals surface area contributed by atoms with Crippen LogP contribution in [0.5, 0.6) is 0 Å². The lowest BCUT2D eigenvalue weighted by atomic mass is 9.83. The molecule has 118 valence electrons. The van der Waals surface area contributed by atoms with Gasteiger partial charge in [0.2, 0.25) is 0 Å². The van der Waals surface area contributed by atoms with Gasteiger partial charge >= 0.3 is 0 Å². The molecule has 0 spiro atoms. The van der Waals surface area contributed by atoms with Crippen molar-refractivity contribution in [2.24, 2.45) is 11.7 Å². The van der Waals surface area contributed by atoms with Gasteiger partial charge in [-0.05, 0) is 49.9 Å². The van der Waals surface area contributed by atoms with Crippen LogP contribution in [0.1, 0.15) is 57.6 Å². The van der Waals surface area contributed by atoms with Gasteiger partial charge in [-0.15, -0.1) is 0 Å². The molecular formula is C18H29ClN2. The molecule has 1 fully saturated rings. The highest BCUT2D eigenvalue weighted by molar-refractivity contribution is 6.30. The van der Waals surface area contributed by atoms with Gasteiger partial charge in [0.15, 0.2) is 0 Å². The van der Waals surface area contributed by atoms with Gasteiger partial charge in [-0.3, -0.25) is 4.90 Å². The van der Waals surface area contributed by atoms with Crippen molar-refractivity contribution in [3.63, 3.8) is 0 Å². The fourth-order valence-electron chi connectivity index (χ4n) is 3.81. The van der Waals surface area contributed by atoms with E-state index in [9.17, 15) is 0 Å². The van der Waals surface area contributed by atoms with Crippen LogP contribution in [0.25, 0.3) is 0 Å². The molecule has 4 atom stereocenters. The van der Waals surface area contributed by atoms with Crippen molar-refractivity contribution in [2.75, 3.05) is 7.05 Å². The average molecular weight is 309 g/mol. The third-order valence-electron chi connectivity index (χ3n) is 5.10. The summed E-state index contributed by atoms with van der Waals surface area (Å²) < 4.78 is 0. The van der Waals surface area contributed by atoms with Crippen molar-refractivity contribution in [1.29, 1.82) is 0 Å². The van der Waals surface area contributed by atoms with E-state index in [4.69, 9.17) is 17.3 Å². The fraction of sp³-hybridized carbons (Fsp3) is 0.667. The molecule has 0 aliphatic heterocycles. The number of nitrogens with two attached hydrogens (primary N) is 1. The Labute approximate surface area is 134 Å². The van der Waals surface area contributed by atoms with Crippen molar-refractivity contribution >= 4 is 11.6 Å². The predicted molar refractivity (Wildman–Crippen MR) is 91.6 cm³/mol. The Morgan fingerprint density at radius 1 is 1.33 bits per heavy atom. The predicted octanol–water partition coefficient (Wildman–Crippen LogP) is 4.63. The Kier molecular flexibility index (Phi) is 6.09. The molecule has 1 aliphatic rings. The molecule has 2 nitrogen and oxygen atoms in total. The minimum absolute atomic E-state index is 0.141. The van der Waals surface area contributed by atoms with Crippen LogP contribution in [-0.4, -0.2) is 24.0 Å². The van der Waals surface area contributed by atoms with E-state index in [0.29, 0.717) is 6.04 Å². The first-order valence-corrected chi connectivity index (χ1v) is 8.65. The van der Waals surface area contributed by atoms with Gasteiger partial charge in [-0.25, -0.2) is 0 Å². The maximum absolute atomic E-state index is 6.47. The van der Waals surface area contributed by atoms with E-state index in [0.717, 1.165) is 17.4 Å². The molecule has 2 N–H and O–H groups in total. The second kappa shape index (κ2) is 7.62. The lowest BCUT2D eigenvalue weighted by Gasteiger charge is -2.43. The number of hydrogen-bond acceptors (Lipinski definition) is 2. The monoisotopic (exact) mass is 308 g/mol. The van der Waals surface area contributed by atoms with Gasteiger partial charge in [-0.1, -0.05) is 50.4 Å². The maximum atomic E-state index is 6.47. The number of rotatable bonds is 5. The summed E-state index contributed by atoms with van der Waals surface area (Å²) in [6.07, 6.45) is 6.29. The molecule has 1 aliphatic carbocycles. The summed E-state index contributed by atoms with van der Waals surface area (Å²) in [7, 11) is 2.24. The largest absolute Gasteiger partial charge is 0.326 e. The van der Waals surface area contributed by atoms with E-state index in [1.807, 2.05) is 12.1 Å². The second-order valence-corrected chi connectivity index (χ2v) is 7.00. The van der Waals surface area contributed by atoms with Gasteiger partial charge in [-0.2, -0.15) is 0 Å². The summed E-state index contributed by atoms with van der Waals surface area (Å²) in [5, 5.41) is 0.797. The molecule has 0 heterocycles. The lowest BCUT2D eigenvalue weighted by Crippen LogP contribution is -2.47. The molecule has 1 aromatic carbocycles. The van der Waals surface area contributed by atoms with Crippen LogP contribution in [0.3, 0.4) is 0 Å². The summed E-state index contributed by atoms with van der Waals surface area (Å²) >= 11 is 6.20. The standard InChI is InChI=1S/C18H29ClN2/c1-4-16(20)18(14-9-7-10-15(19)12-14)21(3)17-11-6-5-8-13(17)2/h7,9-10,12-13,16-18H,4-6,8,11,20H2,1-3H3. The molecule has 0 amide bonds. The number of likely N-dealkylation sites (N-methyl/N-ethyl adjacent to an activating group) is 1. The molecule has 3 heteroatoms. The number of hydrogen-bond donors (Lipinski definition) is 1. The minimum atomic E-state index is 0.141. The summed E-state index contributed by atoms with van der Waals surface area (Å²) in [6.45, 7) is 4.55. The average Bonchev–Trinajstić information content (AvgIpc) is 2.47. The van der Waals surface area contributed by atoms with Crippen molar-refractivity contribution in [3.05, 3.63) is 34.9 Å². The van der Waals surface area contributed by atoms with Crippen molar-refractivity contribution in [1.82, 2.24) is 4.90 Å². The van der Waals surface area contributed by atoms with Gasteiger partial charge in [0.25, 0.3) is 0 Å².